The molecule has 0 unspecified atom stereocenters. The van der Waals surface area contributed by atoms with Crippen LogP contribution in [-0.2, 0) is 6.18 Å². The molecule has 0 saturated heterocycles. The summed E-state index contributed by atoms with van der Waals surface area (Å²) in [6, 6.07) is 9.31. The van der Waals surface area contributed by atoms with Gasteiger partial charge < -0.3 is 10.2 Å². The minimum atomic E-state index is -4.54. The number of benzene rings is 1. The summed E-state index contributed by atoms with van der Waals surface area (Å²) in [6.07, 6.45) is -4.54. The molecule has 0 amide bonds. The molecule has 0 spiro atoms. The van der Waals surface area contributed by atoms with Gasteiger partial charge in [-0.25, -0.2) is 5.84 Å². The minimum Gasteiger partial charge on any atom is -0.439 e. The van der Waals surface area contributed by atoms with E-state index in [4.69, 9.17) is 15.8 Å². The second-order valence-corrected chi connectivity index (χ2v) is 3.96. The molecule has 0 aliphatic carbocycles. The van der Waals surface area contributed by atoms with Crippen LogP contribution in [0.3, 0.4) is 0 Å². The molecule has 5 nitrogen and oxygen atoms in total. The van der Waals surface area contributed by atoms with Crippen molar-refractivity contribution in [2.24, 2.45) is 5.84 Å². The Morgan fingerprint density at radius 1 is 1.19 bits per heavy atom. The molecule has 0 aliphatic rings. The molecule has 3 N–H and O–H groups in total. The van der Waals surface area contributed by atoms with Gasteiger partial charge in [0.25, 0.3) is 0 Å². The zero-order valence-corrected chi connectivity index (χ0v) is 10.5. The lowest BCUT2D eigenvalue weighted by molar-refractivity contribution is -0.137. The number of halogens is 3. The Hall–Kier alpha value is -2.79. The van der Waals surface area contributed by atoms with Crippen LogP contribution in [-0.4, -0.2) is 4.98 Å². The van der Waals surface area contributed by atoms with E-state index in [1.807, 2.05) is 11.5 Å². The van der Waals surface area contributed by atoms with Crippen LogP contribution in [0.2, 0.25) is 0 Å². The van der Waals surface area contributed by atoms with Crippen molar-refractivity contribution >= 4 is 5.82 Å². The van der Waals surface area contributed by atoms with Crippen molar-refractivity contribution in [1.82, 2.24) is 4.98 Å². The van der Waals surface area contributed by atoms with Gasteiger partial charge in [-0.2, -0.15) is 23.4 Å². The summed E-state index contributed by atoms with van der Waals surface area (Å²) in [4.78, 5) is 3.78. The third-order valence-electron chi connectivity index (χ3n) is 2.48. The molecule has 2 rings (SSSR count). The zero-order chi connectivity index (χ0) is 15.5. The lowest BCUT2D eigenvalue weighted by Gasteiger charge is -2.11. The number of nitrogen functional groups attached to an aromatic ring is 1. The van der Waals surface area contributed by atoms with Gasteiger partial charge in [-0.3, -0.25) is 0 Å². The molecule has 0 radical (unpaired) electrons. The standard InChI is InChI=1S/C13H9F3N4O/c14-13(15,16)9-5-11(20-18)19-12(6-9)21-10-3-1-8(7-17)2-4-10/h1-6H,18H2,(H,19,20). The van der Waals surface area contributed by atoms with Crippen LogP contribution in [0.25, 0.3) is 0 Å². The number of nitrogens with two attached hydrogens (primary N) is 1. The Morgan fingerprint density at radius 2 is 1.86 bits per heavy atom. The predicted octanol–water partition coefficient (Wildman–Crippen LogP) is 3.05. The fourth-order valence-electron chi connectivity index (χ4n) is 1.51. The highest BCUT2D eigenvalue weighted by Crippen LogP contribution is 2.33. The third kappa shape index (κ3) is 3.61. The maximum atomic E-state index is 12.7. The molecule has 1 aromatic heterocycles. The van der Waals surface area contributed by atoms with Gasteiger partial charge in [-0.15, -0.1) is 0 Å². The molecule has 0 bridgehead atoms. The highest BCUT2D eigenvalue weighted by molar-refractivity contribution is 5.43. The number of hydrogen-bond acceptors (Lipinski definition) is 5. The molecule has 0 fully saturated rings. The molecule has 0 saturated carbocycles. The molecular weight excluding hydrogens is 285 g/mol. The van der Waals surface area contributed by atoms with Gasteiger partial charge in [0.15, 0.2) is 0 Å². The lowest BCUT2D eigenvalue weighted by Crippen LogP contribution is -2.12. The summed E-state index contributed by atoms with van der Waals surface area (Å²) in [7, 11) is 0. The van der Waals surface area contributed by atoms with Crippen molar-refractivity contribution in [1.29, 1.82) is 5.26 Å². The Labute approximate surface area is 117 Å². The number of nitrogens with zero attached hydrogens (tertiary/aromatic N) is 2. The summed E-state index contributed by atoms with van der Waals surface area (Å²) < 4.78 is 43.4. The quantitative estimate of drug-likeness (QED) is 0.671. The van der Waals surface area contributed by atoms with E-state index < -0.39 is 11.7 Å². The van der Waals surface area contributed by atoms with E-state index in [0.29, 0.717) is 5.56 Å². The molecule has 0 aliphatic heterocycles. The second kappa shape index (κ2) is 5.68. The first-order valence-electron chi connectivity index (χ1n) is 5.66. The fourth-order valence-corrected chi connectivity index (χ4v) is 1.51. The Bertz CT molecular complexity index is 677. The fraction of sp³-hybridized carbons (Fsp3) is 0.0769. The van der Waals surface area contributed by atoms with Crippen molar-refractivity contribution in [3.63, 3.8) is 0 Å². The van der Waals surface area contributed by atoms with Gasteiger partial charge in [0.2, 0.25) is 5.88 Å². The van der Waals surface area contributed by atoms with Crippen LogP contribution in [0.5, 0.6) is 11.6 Å². The van der Waals surface area contributed by atoms with Crippen molar-refractivity contribution in [3.05, 3.63) is 47.5 Å². The highest BCUT2D eigenvalue weighted by atomic mass is 19.4. The molecule has 8 heteroatoms. The monoisotopic (exact) mass is 294 g/mol. The van der Waals surface area contributed by atoms with Crippen molar-refractivity contribution in [3.8, 4) is 17.7 Å². The van der Waals surface area contributed by atoms with Crippen LogP contribution in [0.15, 0.2) is 36.4 Å². The average molecular weight is 294 g/mol. The molecule has 108 valence electrons. The first-order valence-corrected chi connectivity index (χ1v) is 5.66. The molecular formula is C13H9F3N4O. The van der Waals surface area contributed by atoms with Crippen molar-refractivity contribution in [2.75, 3.05) is 5.43 Å². The number of nitriles is 1. The van der Waals surface area contributed by atoms with Crippen molar-refractivity contribution < 1.29 is 17.9 Å². The van der Waals surface area contributed by atoms with Gasteiger partial charge in [0.1, 0.15) is 11.6 Å². The van der Waals surface area contributed by atoms with Gasteiger partial charge in [0, 0.05) is 6.07 Å². The van der Waals surface area contributed by atoms with E-state index >= 15 is 0 Å². The van der Waals surface area contributed by atoms with Gasteiger partial charge in [-0.05, 0) is 30.3 Å². The largest absolute Gasteiger partial charge is 0.439 e. The number of anilines is 1. The normalized spacial score (nSPS) is 10.8. The Balaban J connectivity index is 2.32. The lowest BCUT2D eigenvalue weighted by atomic mass is 10.2. The van der Waals surface area contributed by atoms with E-state index in [2.05, 4.69) is 4.98 Å². The summed E-state index contributed by atoms with van der Waals surface area (Å²) in [5.41, 5.74) is 1.52. The molecule has 21 heavy (non-hydrogen) atoms. The number of alkyl halides is 3. The van der Waals surface area contributed by atoms with Crippen molar-refractivity contribution in [2.45, 2.75) is 6.18 Å². The number of rotatable bonds is 3. The number of hydrazine groups is 1. The Kier molecular flexibility index (Phi) is 3.95. The number of hydrogen-bond donors (Lipinski definition) is 2. The number of ether oxygens (including phenoxy) is 1. The average Bonchev–Trinajstić information content (AvgIpc) is 2.46. The third-order valence-corrected chi connectivity index (χ3v) is 2.48. The van der Waals surface area contributed by atoms with E-state index in [0.717, 1.165) is 12.1 Å². The van der Waals surface area contributed by atoms with E-state index in [9.17, 15) is 13.2 Å². The number of aromatic nitrogens is 1. The topological polar surface area (TPSA) is 84.0 Å². The summed E-state index contributed by atoms with van der Waals surface area (Å²) in [5, 5.41) is 8.66. The first kappa shape index (κ1) is 14.6. The maximum absolute atomic E-state index is 12.7. The first-order chi connectivity index (χ1) is 9.92. The van der Waals surface area contributed by atoms with Crippen LogP contribution in [0.1, 0.15) is 11.1 Å². The van der Waals surface area contributed by atoms with Crippen LogP contribution < -0.4 is 16.0 Å². The van der Waals surface area contributed by atoms with E-state index in [-0.39, 0.29) is 17.4 Å². The predicted molar refractivity (Wildman–Crippen MR) is 68.3 cm³/mol. The Morgan fingerprint density at radius 3 is 2.38 bits per heavy atom. The molecule has 1 heterocycles. The summed E-state index contributed by atoms with van der Waals surface area (Å²) >= 11 is 0. The van der Waals surface area contributed by atoms with Crippen LogP contribution in [0.4, 0.5) is 19.0 Å². The summed E-state index contributed by atoms with van der Waals surface area (Å²) in [5.74, 6) is 4.91. The van der Waals surface area contributed by atoms with Gasteiger partial charge >= 0.3 is 6.18 Å². The molecule has 0 atom stereocenters. The maximum Gasteiger partial charge on any atom is 0.416 e. The molecule has 1 aromatic carbocycles. The summed E-state index contributed by atoms with van der Waals surface area (Å²) in [6.45, 7) is 0. The van der Waals surface area contributed by atoms with E-state index in [1.165, 1.54) is 24.3 Å². The van der Waals surface area contributed by atoms with E-state index in [1.54, 1.807) is 0 Å². The van der Waals surface area contributed by atoms with Gasteiger partial charge in [0.05, 0.1) is 17.2 Å². The molecule has 2 aromatic rings. The van der Waals surface area contributed by atoms with Crippen LogP contribution in [0, 0.1) is 11.3 Å². The second-order valence-electron chi connectivity index (χ2n) is 3.96. The minimum absolute atomic E-state index is 0.173. The zero-order valence-electron chi connectivity index (χ0n) is 10.5. The number of pyridine rings is 1. The number of nitrogens with one attached hydrogen (secondary N) is 1. The van der Waals surface area contributed by atoms with Crippen LogP contribution >= 0.6 is 0 Å². The SMILES string of the molecule is N#Cc1ccc(Oc2cc(C(F)(F)F)cc(NN)n2)cc1. The highest BCUT2D eigenvalue weighted by Gasteiger charge is 2.32. The van der Waals surface area contributed by atoms with Gasteiger partial charge in [-0.1, -0.05) is 0 Å². The smallest absolute Gasteiger partial charge is 0.416 e.